The first kappa shape index (κ1) is 77.7. The maximum Gasteiger partial charge on any atom is 0.260 e. The molecule has 0 bridgehead atoms. The van der Waals surface area contributed by atoms with Crippen LogP contribution in [0.1, 0.15) is 82.0 Å². The van der Waals surface area contributed by atoms with Crippen LogP contribution >= 0.6 is 0 Å². The van der Waals surface area contributed by atoms with E-state index in [0.29, 0.717) is 129 Å². The Kier molecular flexibility index (Phi) is 24.1. The van der Waals surface area contributed by atoms with Crippen molar-refractivity contribution in [3.63, 3.8) is 0 Å². The van der Waals surface area contributed by atoms with Gasteiger partial charge >= 0.3 is 0 Å². The molecule has 2 fully saturated rings. The Morgan fingerprint density at radius 1 is 0.518 bits per heavy atom. The average molecular weight is 1520 g/mol. The van der Waals surface area contributed by atoms with E-state index < -0.39 is 10.0 Å². The Hall–Kier alpha value is -11.9. The molecule has 6 aromatic carbocycles. The van der Waals surface area contributed by atoms with Crippen LogP contribution in [0.3, 0.4) is 0 Å². The number of hydrogen-bond donors (Lipinski definition) is 5. The SMILES string of the molecule is CCN1C(=O)c2ccccc2N(C)c2nc(Nc3ccc(NS(C)(=O)=O)cc3OC)ncc21.CCN1C(=O)c2ccccc2N(C)c2nc(Nc3ccc(OCCN4CCN(C)CC4)cc3OC)ncc21.COc1cc(C(=O)NC2CCN(C)CC2)ccc1Nc1ncc2c(n1)N(C)c1ccccc1C(=O)N2C(C)C. The summed E-state index contributed by atoms with van der Waals surface area (Å²) in [4.78, 5) is 98.3. The number of carbonyl (C=O) groups excluding carboxylic acids is 4. The van der Waals surface area contributed by atoms with Crippen LogP contribution < -0.4 is 74.3 Å². The lowest BCUT2D eigenvalue weighted by Gasteiger charge is -2.32. The molecular weight excluding hydrogens is 1420 g/mol. The topological polar surface area (TPSA) is 306 Å². The minimum atomic E-state index is -3.42. The van der Waals surface area contributed by atoms with Gasteiger partial charge in [0.1, 0.15) is 46.7 Å². The van der Waals surface area contributed by atoms with Crippen molar-refractivity contribution in [3.8, 4) is 23.0 Å². The molecule has 30 nitrogen and oxygen atoms in total. The number of methoxy groups -OCH3 is 3. The van der Waals surface area contributed by atoms with Crippen molar-refractivity contribution in [2.24, 2.45) is 0 Å². The highest BCUT2D eigenvalue weighted by Crippen LogP contribution is 2.44. The van der Waals surface area contributed by atoms with Gasteiger partial charge in [-0.15, -0.1) is 0 Å². The number of amides is 4. The van der Waals surface area contributed by atoms with Crippen molar-refractivity contribution in [2.75, 3.05) is 178 Å². The number of piperidine rings is 1. The molecule has 0 aliphatic carbocycles. The molecule has 31 heteroatoms. The van der Waals surface area contributed by atoms with Gasteiger partial charge in [-0.05, 0) is 147 Å². The first-order valence-corrected chi connectivity index (χ1v) is 38.3. The van der Waals surface area contributed by atoms with E-state index in [4.69, 9.17) is 28.9 Å². The standard InChI is InChI=1S/C29H35N7O3.C28H35N7O3.C22H24N6O4S/c1-18(2)36-24-17-30-29(33-26(24)35(4)23-9-7-6-8-21(23)28(36)38)32-22-11-10-19(16-25(22)39-5)27(37)31-20-12-14-34(3)15-13-20;1-5-35-24-19-29-28(31-26(24)33(3)23-9-7-6-8-21(23)27(35)36)30-22-11-10-20(18-25(22)37-4)38-17-16-34-14-12-32(2)13-15-34;1-5-28-18-13-23-22(24-16-11-10-14(12-19(16)32-3)26-33(4,30)31)25-20(18)27(2)17-9-7-6-8-15(17)21(28)29/h6-11,16-18,20H,12-15H2,1-5H3,(H,31,37)(H,30,32,33);6-11,18-19H,5,12-17H2,1-4H3,(H,29,30,31);6-13,26H,5H2,1-4H3,(H,23,24,25). The summed E-state index contributed by atoms with van der Waals surface area (Å²) in [5.41, 5.74) is 8.85. The van der Waals surface area contributed by atoms with Gasteiger partial charge in [0.15, 0.2) is 17.5 Å². The van der Waals surface area contributed by atoms with Gasteiger partial charge in [0.05, 0.1) is 103 Å². The molecule has 14 rings (SSSR count). The van der Waals surface area contributed by atoms with Crippen molar-refractivity contribution in [1.29, 1.82) is 0 Å². The van der Waals surface area contributed by atoms with E-state index in [2.05, 4.69) is 74.7 Å². The van der Waals surface area contributed by atoms with Gasteiger partial charge in [0.25, 0.3) is 23.6 Å². The van der Waals surface area contributed by atoms with Crippen LogP contribution in [0.2, 0.25) is 0 Å². The van der Waals surface area contributed by atoms with E-state index in [1.165, 1.54) is 7.11 Å². The lowest BCUT2D eigenvalue weighted by Crippen LogP contribution is -2.45. The number of ether oxygens (including phenoxy) is 4. The molecule has 5 aliphatic rings. The summed E-state index contributed by atoms with van der Waals surface area (Å²) < 4.78 is 48.1. The normalized spacial score (nSPS) is 15.2. The van der Waals surface area contributed by atoms with Gasteiger partial charge in [-0.1, -0.05) is 36.4 Å². The van der Waals surface area contributed by atoms with E-state index >= 15 is 0 Å². The summed E-state index contributed by atoms with van der Waals surface area (Å²) in [5, 5.41) is 12.8. The van der Waals surface area contributed by atoms with Gasteiger partial charge < -0.3 is 79.4 Å². The Bertz CT molecular complexity index is 4980. The Balaban J connectivity index is 0.000000154. The third-order valence-electron chi connectivity index (χ3n) is 19.6. The summed E-state index contributed by atoms with van der Waals surface area (Å²) in [6.07, 6.45) is 7.92. The minimum absolute atomic E-state index is 0.0668. The second kappa shape index (κ2) is 34.1. The van der Waals surface area contributed by atoms with Gasteiger partial charge in [-0.25, -0.2) is 23.4 Å². The highest BCUT2D eigenvalue weighted by atomic mass is 32.2. The summed E-state index contributed by atoms with van der Waals surface area (Å²) in [7, 11) is 11.2. The molecule has 4 amide bonds. The fourth-order valence-corrected chi connectivity index (χ4v) is 14.2. The molecule has 0 unspecified atom stereocenters. The smallest absolute Gasteiger partial charge is 0.260 e. The van der Waals surface area contributed by atoms with Crippen molar-refractivity contribution in [2.45, 2.75) is 52.6 Å². The van der Waals surface area contributed by atoms with E-state index in [9.17, 15) is 27.6 Å². The predicted octanol–water partition coefficient (Wildman–Crippen LogP) is 11.1. The zero-order valence-corrected chi connectivity index (χ0v) is 65.0. The number of fused-ring (bicyclic) bond motifs is 6. The Labute approximate surface area is 641 Å². The molecule has 9 aromatic rings. The summed E-state index contributed by atoms with van der Waals surface area (Å²) >= 11 is 0. The van der Waals surface area contributed by atoms with Crippen molar-refractivity contribution >= 4 is 126 Å². The van der Waals surface area contributed by atoms with E-state index in [0.717, 1.165) is 93.4 Å². The molecule has 5 aliphatic heterocycles. The van der Waals surface area contributed by atoms with Gasteiger partial charge in [0, 0.05) is 96.7 Å². The number of piperazine rings is 1. The maximum absolute atomic E-state index is 13.4. The first-order valence-electron chi connectivity index (χ1n) is 36.4. The minimum Gasteiger partial charge on any atom is -0.495 e. The highest BCUT2D eigenvalue weighted by Gasteiger charge is 2.35. The molecule has 576 valence electrons. The molecule has 0 saturated carbocycles. The average Bonchev–Trinajstić information content (AvgIpc) is 1.64. The van der Waals surface area contributed by atoms with Gasteiger partial charge in [0.2, 0.25) is 27.9 Å². The van der Waals surface area contributed by atoms with Crippen LogP contribution in [0, 0.1) is 0 Å². The predicted molar refractivity (Wildman–Crippen MR) is 431 cm³/mol. The highest BCUT2D eigenvalue weighted by molar-refractivity contribution is 7.92. The molecule has 5 N–H and O–H groups in total. The van der Waals surface area contributed by atoms with Crippen LogP contribution in [0.25, 0.3) is 0 Å². The second-order valence-corrected chi connectivity index (χ2v) is 29.0. The number of hydrogen-bond acceptors (Lipinski definition) is 25. The molecule has 3 aromatic heterocycles. The number of para-hydroxylation sites is 3. The Morgan fingerprint density at radius 3 is 1.42 bits per heavy atom. The largest absolute Gasteiger partial charge is 0.495 e. The zero-order valence-electron chi connectivity index (χ0n) is 64.2. The maximum atomic E-state index is 13.4. The number of likely N-dealkylation sites (tertiary alicyclic amines) is 1. The third-order valence-corrected chi connectivity index (χ3v) is 20.2. The summed E-state index contributed by atoms with van der Waals surface area (Å²) in [5.74, 6) is 4.77. The van der Waals surface area contributed by atoms with Crippen LogP contribution in [0.15, 0.2) is 146 Å². The zero-order chi connectivity index (χ0) is 78.1. The van der Waals surface area contributed by atoms with Crippen LogP contribution in [0.4, 0.5) is 92.2 Å². The number of aromatic nitrogens is 6. The fraction of sp³-hybridized carbons (Fsp3) is 0.342. The third kappa shape index (κ3) is 17.3. The van der Waals surface area contributed by atoms with E-state index in [1.54, 1.807) is 90.0 Å². The second-order valence-electron chi connectivity index (χ2n) is 27.3. The van der Waals surface area contributed by atoms with Crippen LogP contribution in [0.5, 0.6) is 23.0 Å². The number of anilines is 16. The van der Waals surface area contributed by atoms with Gasteiger partial charge in [-0.2, -0.15) is 15.0 Å². The molecule has 0 atom stereocenters. The monoisotopic (exact) mass is 1510 g/mol. The summed E-state index contributed by atoms with van der Waals surface area (Å²) in [6, 6.07) is 38.3. The molecule has 110 heavy (non-hydrogen) atoms. The fourth-order valence-electron chi connectivity index (χ4n) is 13.7. The van der Waals surface area contributed by atoms with Crippen molar-refractivity contribution in [3.05, 3.63) is 168 Å². The van der Waals surface area contributed by atoms with E-state index in [1.807, 2.05) is 148 Å². The molecule has 8 heterocycles. The lowest BCUT2D eigenvalue weighted by molar-refractivity contribution is 0.0914. The number of likely N-dealkylation sites (N-methyl/N-ethyl adjacent to an activating group) is 1. The first-order chi connectivity index (χ1) is 53.0. The Morgan fingerprint density at radius 2 is 0.945 bits per heavy atom. The number of carbonyl (C=O) groups is 4. The van der Waals surface area contributed by atoms with Crippen molar-refractivity contribution < 1.29 is 46.5 Å². The quantitative estimate of drug-likeness (QED) is 0.0473. The number of rotatable bonds is 20. The molecule has 0 spiro atoms. The molecular formula is C79H94N20O10S. The van der Waals surface area contributed by atoms with Crippen LogP contribution in [-0.4, -0.2) is 217 Å². The number of nitrogens with one attached hydrogen (secondary N) is 5. The molecule has 0 radical (unpaired) electrons. The summed E-state index contributed by atoms with van der Waals surface area (Å²) in [6.45, 7) is 16.5. The number of sulfonamides is 1. The van der Waals surface area contributed by atoms with E-state index in [-0.39, 0.29) is 35.7 Å². The lowest BCUT2D eigenvalue weighted by atomic mass is 10.0. The van der Waals surface area contributed by atoms with Gasteiger partial charge in [-0.3, -0.25) is 28.8 Å². The number of benzene rings is 6. The van der Waals surface area contributed by atoms with Crippen molar-refractivity contribution in [1.82, 2.24) is 49.9 Å². The number of nitrogens with zero attached hydrogens (tertiary/aromatic N) is 15. The molecule has 2 saturated heterocycles. The van der Waals surface area contributed by atoms with Crippen LogP contribution in [-0.2, 0) is 10.0 Å².